The van der Waals surface area contributed by atoms with Crippen molar-refractivity contribution in [2.45, 2.75) is 57.2 Å². The molecule has 0 spiro atoms. The van der Waals surface area contributed by atoms with Gasteiger partial charge in [0.2, 0.25) is 0 Å². The van der Waals surface area contributed by atoms with Crippen molar-refractivity contribution in [3.8, 4) is 0 Å². The maximum Gasteiger partial charge on any atom is 0.0613 e. The van der Waals surface area contributed by atoms with E-state index in [4.69, 9.17) is 11.6 Å². The van der Waals surface area contributed by atoms with Crippen LogP contribution in [0.1, 0.15) is 63.0 Å². The van der Waals surface area contributed by atoms with Crippen molar-refractivity contribution in [2.75, 3.05) is 0 Å². The van der Waals surface area contributed by atoms with Gasteiger partial charge in [-0.25, -0.2) is 0 Å². The molecule has 2 aliphatic rings. The van der Waals surface area contributed by atoms with E-state index >= 15 is 0 Å². The molecule has 3 unspecified atom stereocenters. The van der Waals surface area contributed by atoms with E-state index in [0.717, 1.165) is 17.8 Å². The van der Waals surface area contributed by atoms with Crippen molar-refractivity contribution < 1.29 is 0 Å². The first-order chi connectivity index (χ1) is 9.01. The lowest BCUT2D eigenvalue weighted by Crippen LogP contribution is -2.15. The third-order valence-electron chi connectivity index (χ3n) is 5.59. The second-order valence-electron chi connectivity index (χ2n) is 7.25. The van der Waals surface area contributed by atoms with Crippen LogP contribution in [0.5, 0.6) is 0 Å². The van der Waals surface area contributed by atoms with E-state index < -0.39 is 0 Å². The molecule has 19 heavy (non-hydrogen) atoms. The lowest BCUT2D eigenvalue weighted by molar-refractivity contribution is 0.470. The summed E-state index contributed by atoms with van der Waals surface area (Å²) >= 11 is 6.70. The van der Waals surface area contributed by atoms with E-state index in [-0.39, 0.29) is 10.8 Å². The monoisotopic (exact) mass is 276 g/mol. The number of halogens is 1. The molecule has 0 aliphatic heterocycles. The number of alkyl halides is 1. The Morgan fingerprint density at radius 1 is 1.11 bits per heavy atom. The first-order valence-electron chi connectivity index (χ1n) is 7.76. The fourth-order valence-corrected chi connectivity index (χ4v) is 3.95. The van der Waals surface area contributed by atoms with E-state index in [0.29, 0.717) is 0 Å². The Kier molecular flexibility index (Phi) is 3.41. The van der Waals surface area contributed by atoms with Gasteiger partial charge in [-0.3, -0.25) is 0 Å². The molecular weight excluding hydrogens is 252 g/mol. The van der Waals surface area contributed by atoms with Crippen LogP contribution < -0.4 is 0 Å². The van der Waals surface area contributed by atoms with E-state index in [2.05, 4.69) is 45.0 Å². The summed E-state index contributed by atoms with van der Waals surface area (Å²) in [6.07, 6.45) is 5.37. The molecule has 0 nitrogen and oxygen atoms in total. The van der Waals surface area contributed by atoms with Crippen LogP contribution >= 0.6 is 11.6 Å². The summed E-state index contributed by atoms with van der Waals surface area (Å²) in [6.45, 7) is 6.87. The largest absolute Gasteiger partial charge is 0.118 e. The van der Waals surface area contributed by atoms with Gasteiger partial charge >= 0.3 is 0 Å². The molecule has 104 valence electrons. The highest BCUT2D eigenvalue weighted by Crippen LogP contribution is 2.58. The summed E-state index contributed by atoms with van der Waals surface area (Å²) in [5.41, 5.74) is 3.02. The van der Waals surface area contributed by atoms with Gasteiger partial charge in [-0.2, -0.15) is 0 Å². The van der Waals surface area contributed by atoms with E-state index in [1.54, 1.807) is 0 Å². The van der Waals surface area contributed by atoms with Gasteiger partial charge in [0.15, 0.2) is 0 Å². The van der Waals surface area contributed by atoms with Crippen molar-refractivity contribution in [1.29, 1.82) is 0 Å². The summed E-state index contributed by atoms with van der Waals surface area (Å²) in [5.74, 6) is 2.75. The van der Waals surface area contributed by atoms with Gasteiger partial charge in [-0.05, 0) is 60.0 Å². The molecule has 0 radical (unpaired) electrons. The Labute approximate surface area is 122 Å². The fourth-order valence-electron chi connectivity index (χ4n) is 3.60. The van der Waals surface area contributed by atoms with E-state index in [9.17, 15) is 0 Å². The minimum atomic E-state index is 0.228. The molecule has 1 aromatic carbocycles. The maximum absolute atomic E-state index is 6.70. The average Bonchev–Trinajstić information content (AvgIpc) is 3.04. The Morgan fingerprint density at radius 3 is 2.21 bits per heavy atom. The zero-order chi connectivity index (χ0) is 13.6. The summed E-state index contributed by atoms with van der Waals surface area (Å²) in [6, 6.07) is 9.08. The Balaban J connectivity index is 1.71. The van der Waals surface area contributed by atoms with Gasteiger partial charge in [-0.1, -0.05) is 45.0 Å². The number of benzene rings is 1. The van der Waals surface area contributed by atoms with Gasteiger partial charge in [-0.15, -0.1) is 11.6 Å². The molecule has 0 aromatic heterocycles. The highest BCUT2D eigenvalue weighted by Gasteiger charge is 2.47. The molecule has 3 rings (SSSR count). The van der Waals surface area contributed by atoms with Crippen LogP contribution in [0.2, 0.25) is 0 Å². The maximum atomic E-state index is 6.70. The van der Waals surface area contributed by atoms with Crippen molar-refractivity contribution in [3.05, 3.63) is 35.4 Å². The summed E-state index contributed by atoms with van der Waals surface area (Å²) in [5, 5.41) is 0.228. The SMILES string of the molecule is CCC(C)(C)c1ccc(C(Cl)C2CC3CC3C2)cc1. The minimum Gasteiger partial charge on any atom is -0.118 e. The molecule has 2 aliphatic carbocycles. The summed E-state index contributed by atoms with van der Waals surface area (Å²) in [4.78, 5) is 0. The van der Waals surface area contributed by atoms with Crippen molar-refractivity contribution in [1.82, 2.24) is 0 Å². The highest BCUT2D eigenvalue weighted by atomic mass is 35.5. The number of hydrogen-bond donors (Lipinski definition) is 0. The first kappa shape index (κ1) is 13.5. The van der Waals surface area contributed by atoms with Gasteiger partial charge in [0.05, 0.1) is 5.38 Å². The third-order valence-corrected chi connectivity index (χ3v) is 6.20. The van der Waals surface area contributed by atoms with Crippen LogP contribution in [0.25, 0.3) is 0 Å². The standard InChI is InChI=1S/C18H25Cl/c1-4-18(2,3)16-7-5-12(6-8-16)17(19)15-10-13-9-14(13)11-15/h5-8,13-15,17H,4,9-11H2,1-3H3. The van der Waals surface area contributed by atoms with Gasteiger partial charge in [0.1, 0.15) is 0 Å². The lowest BCUT2D eigenvalue weighted by Gasteiger charge is -2.25. The zero-order valence-corrected chi connectivity index (χ0v) is 13.1. The molecule has 0 amide bonds. The van der Waals surface area contributed by atoms with Crippen LogP contribution in [0.15, 0.2) is 24.3 Å². The number of hydrogen-bond acceptors (Lipinski definition) is 0. The molecule has 0 heterocycles. The lowest BCUT2D eigenvalue weighted by atomic mass is 9.81. The predicted molar refractivity (Wildman–Crippen MR) is 82.7 cm³/mol. The molecule has 1 heteroatoms. The van der Waals surface area contributed by atoms with Crippen molar-refractivity contribution in [2.24, 2.45) is 17.8 Å². The zero-order valence-electron chi connectivity index (χ0n) is 12.3. The second-order valence-corrected chi connectivity index (χ2v) is 7.72. The van der Waals surface area contributed by atoms with Crippen LogP contribution in [-0.2, 0) is 5.41 Å². The summed E-state index contributed by atoms with van der Waals surface area (Å²) in [7, 11) is 0. The minimum absolute atomic E-state index is 0.228. The third kappa shape index (κ3) is 2.57. The van der Waals surface area contributed by atoms with Crippen LogP contribution in [0, 0.1) is 17.8 Å². The van der Waals surface area contributed by atoms with Gasteiger partial charge in [0, 0.05) is 0 Å². The first-order valence-corrected chi connectivity index (χ1v) is 8.19. The van der Waals surface area contributed by atoms with E-state index in [1.165, 1.54) is 36.8 Å². The van der Waals surface area contributed by atoms with Crippen LogP contribution in [0.3, 0.4) is 0 Å². The molecule has 2 fully saturated rings. The van der Waals surface area contributed by atoms with Crippen molar-refractivity contribution >= 4 is 11.6 Å². The normalized spacial score (nSPS) is 31.1. The highest BCUT2D eigenvalue weighted by molar-refractivity contribution is 6.21. The van der Waals surface area contributed by atoms with Gasteiger partial charge in [0.25, 0.3) is 0 Å². The van der Waals surface area contributed by atoms with Crippen LogP contribution in [-0.4, -0.2) is 0 Å². The second kappa shape index (κ2) is 4.81. The van der Waals surface area contributed by atoms with Gasteiger partial charge < -0.3 is 0 Å². The molecular formula is C18H25Cl. The Bertz CT molecular complexity index is 435. The smallest absolute Gasteiger partial charge is 0.0613 e. The molecule has 1 aromatic rings. The average molecular weight is 277 g/mol. The number of rotatable bonds is 4. The molecule has 0 saturated heterocycles. The number of fused-ring (bicyclic) bond motifs is 1. The molecule has 0 N–H and O–H groups in total. The topological polar surface area (TPSA) is 0 Å². The van der Waals surface area contributed by atoms with E-state index in [1.807, 2.05) is 0 Å². The van der Waals surface area contributed by atoms with Crippen LogP contribution in [0.4, 0.5) is 0 Å². The molecule has 0 bridgehead atoms. The molecule has 3 atom stereocenters. The summed E-state index contributed by atoms with van der Waals surface area (Å²) < 4.78 is 0. The Hall–Kier alpha value is -0.490. The molecule has 2 saturated carbocycles. The van der Waals surface area contributed by atoms with Crippen molar-refractivity contribution in [3.63, 3.8) is 0 Å². The predicted octanol–water partition coefficient (Wildman–Crippen LogP) is 5.70. The fraction of sp³-hybridized carbons (Fsp3) is 0.667. The Morgan fingerprint density at radius 2 is 1.68 bits per heavy atom. The quantitative estimate of drug-likeness (QED) is 0.619.